The molecule has 0 saturated carbocycles. The maximum absolute atomic E-state index is 12.9. The van der Waals surface area contributed by atoms with Crippen molar-refractivity contribution in [1.29, 1.82) is 0 Å². The average Bonchev–Trinajstić information content (AvgIpc) is 3.13. The molecule has 3 rings (SSSR count). The van der Waals surface area contributed by atoms with Crippen LogP contribution in [0.25, 0.3) is 0 Å². The number of nitrogens with one attached hydrogen (secondary N) is 1. The van der Waals surface area contributed by atoms with Crippen molar-refractivity contribution < 1.29 is 14.3 Å². The quantitative estimate of drug-likeness (QED) is 0.685. The predicted molar refractivity (Wildman–Crippen MR) is 108 cm³/mol. The lowest BCUT2D eigenvalue weighted by Crippen LogP contribution is -2.32. The van der Waals surface area contributed by atoms with Gasteiger partial charge in [0.25, 0.3) is 0 Å². The number of rotatable bonds is 7. The zero-order valence-electron chi connectivity index (χ0n) is 16.6. The fraction of sp³-hybridized carbons (Fsp3) is 0.273. The van der Waals surface area contributed by atoms with Crippen LogP contribution in [-0.4, -0.2) is 29.7 Å². The monoisotopic (exact) mass is 379 g/mol. The lowest BCUT2D eigenvalue weighted by molar-refractivity contribution is -0.121. The molecule has 146 valence electrons. The number of carbonyl (C=O) groups is 1. The van der Waals surface area contributed by atoms with E-state index >= 15 is 0 Å². The van der Waals surface area contributed by atoms with Crippen molar-refractivity contribution in [3.05, 3.63) is 77.4 Å². The highest BCUT2D eigenvalue weighted by atomic mass is 16.5. The summed E-state index contributed by atoms with van der Waals surface area (Å²) in [6.45, 7) is 2.01. The van der Waals surface area contributed by atoms with Crippen LogP contribution in [0.5, 0.6) is 11.5 Å². The summed E-state index contributed by atoms with van der Waals surface area (Å²) in [6, 6.07) is 13.0. The van der Waals surface area contributed by atoms with Crippen LogP contribution in [0.3, 0.4) is 0 Å². The van der Waals surface area contributed by atoms with E-state index in [0.717, 1.165) is 22.5 Å². The second kappa shape index (κ2) is 8.61. The number of imidazole rings is 1. The van der Waals surface area contributed by atoms with E-state index in [2.05, 4.69) is 10.3 Å². The molecule has 6 heteroatoms. The van der Waals surface area contributed by atoms with Crippen LogP contribution in [0.2, 0.25) is 0 Å². The molecule has 0 aliphatic rings. The fourth-order valence-corrected chi connectivity index (χ4v) is 3.14. The molecule has 1 aromatic heterocycles. The number of benzene rings is 2. The molecule has 1 amide bonds. The van der Waals surface area contributed by atoms with Gasteiger partial charge in [-0.05, 0) is 35.7 Å². The van der Waals surface area contributed by atoms with Gasteiger partial charge in [-0.1, -0.05) is 24.3 Å². The Balaban J connectivity index is 1.94. The van der Waals surface area contributed by atoms with E-state index in [1.54, 1.807) is 26.5 Å². The van der Waals surface area contributed by atoms with Crippen molar-refractivity contribution in [2.75, 3.05) is 14.2 Å². The van der Waals surface area contributed by atoms with Crippen molar-refractivity contribution in [1.82, 2.24) is 14.9 Å². The Kier molecular flexibility index (Phi) is 5.99. The standard InChI is InChI=1S/C22H25N3O3/c1-15-7-5-6-8-16(15)13-20(26)24-21(22-23-9-10-25(22)2)17-11-18(27-3)14-19(12-17)28-4/h5-12,14,21H,13H2,1-4H3,(H,24,26)/t21-/m1/s1. The number of aromatic nitrogens is 2. The number of hydrogen-bond acceptors (Lipinski definition) is 4. The summed E-state index contributed by atoms with van der Waals surface area (Å²) >= 11 is 0. The third kappa shape index (κ3) is 4.34. The van der Waals surface area contributed by atoms with Gasteiger partial charge in [0, 0.05) is 25.5 Å². The Morgan fingerprint density at radius 2 is 1.82 bits per heavy atom. The summed E-state index contributed by atoms with van der Waals surface area (Å²) in [7, 11) is 5.11. The van der Waals surface area contributed by atoms with E-state index in [-0.39, 0.29) is 5.91 Å². The van der Waals surface area contributed by atoms with Gasteiger partial charge < -0.3 is 19.4 Å². The van der Waals surface area contributed by atoms with Crippen LogP contribution in [-0.2, 0) is 18.3 Å². The minimum absolute atomic E-state index is 0.0795. The van der Waals surface area contributed by atoms with Crippen LogP contribution in [0, 0.1) is 6.92 Å². The lowest BCUT2D eigenvalue weighted by Gasteiger charge is -2.21. The van der Waals surface area contributed by atoms with Crippen molar-refractivity contribution in [2.24, 2.45) is 7.05 Å². The van der Waals surface area contributed by atoms with Gasteiger partial charge in [0.1, 0.15) is 23.4 Å². The van der Waals surface area contributed by atoms with Gasteiger partial charge >= 0.3 is 0 Å². The SMILES string of the molecule is COc1cc(OC)cc([C@@H](NC(=O)Cc2ccccc2C)c2nccn2C)c1. The second-order valence-corrected chi connectivity index (χ2v) is 6.65. The number of methoxy groups -OCH3 is 2. The Morgan fingerprint density at radius 3 is 2.39 bits per heavy atom. The number of carbonyl (C=O) groups excluding carboxylic acids is 1. The fourth-order valence-electron chi connectivity index (χ4n) is 3.14. The molecule has 1 N–H and O–H groups in total. The molecule has 0 saturated heterocycles. The number of ether oxygens (including phenoxy) is 2. The van der Waals surface area contributed by atoms with Crippen LogP contribution in [0.1, 0.15) is 28.6 Å². The first-order valence-corrected chi connectivity index (χ1v) is 9.06. The van der Waals surface area contributed by atoms with Gasteiger partial charge in [0.05, 0.1) is 20.6 Å². The molecular formula is C22H25N3O3. The summed E-state index contributed by atoms with van der Waals surface area (Å²) in [6.07, 6.45) is 3.87. The molecule has 3 aromatic rings. The molecular weight excluding hydrogens is 354 g/mol. The smallest absolute Gasteiger partial charge is 0.225 e. The molecule has 0 bridgehead atoms. The molecule has 0 aliphatic carbocycles. The minimum atomic E-state index is -0.430. The summed E-state index contributed by atoms with van der Waals surface area (Å²) in [5.41, 5.74) is 2.93. The van der Waals surface area contributed by atoms with Gasteiger partial charge in [0.2, 0.25) is 5.91 Å². The largest absolute Gasteiger partial charge is 0.497 e. The average molecular weight is 379 g/mol. The molecule has 1 atom stereocenters. The van der Waals surface area contributed by atoms with E-state index in [0.29, 0.717) is 17.9 Å². The van der Waals surface area contributed by atoms with E-state index in [9.17, 15) is 4.79 Å². The van der Waals surface area contributed by atoms with Crippen molar-refractivity contribution in [3.8, 4) is 11.5 Å². The first-order valence-electron chi connectivity index (χ1n) is 9.06. The predicted octanol–water partition coefficient (Wildman–Crippen LogP) is 3.19. The summed E-state index contributed by atoms with van der Waals surface area (Å²) in [4.78, 5) is 17.3. The van der Waals surface area contributed by atoms with E-state index in [1.165, 1.54) is 0 Å². The number of hydrogen-bond donors (Lipinski definition) is 1. The van der Waals surface area contributed by atoms with E-state index in [1.807, 2.05) is 61.1 Å². The maximum Gasteiger partial charge on any atom is 0.225 e. The lowest BCUT2D eigenvalue weighted by atomic mass is 10.0. The normalized spacial score (nSPS) is 11.7. The molecule has 0 unspecified atom stereocenters. The highest BCUT2D eigenvalue weighted by Crippen LogP contribution is 2.29. The minimum Gasteiger partial charge on any atom is -0.497 e. The first-order chi connectivity index (χ1) is 13.5. The molecule has 6 nitrogen and oxygen atoms in total. The van der Waals surface area contributed by atoms with Gasteiger partial charge in [-0.25, -0.2) is 4.98 Å². The van der Waals surface area contributed by atoms with E-state index < -0.39 is 6.04 Å². The summed E-state index contributed by atoms with van der Waals surface area (Å²) in [5.74, 6) is 1.96. The number of nitrogens with zero attached hydrogens (tertiary/aromatic N) is 2. The van der Waals surface area contributed by atoms with Gasteiger partial charge in [-0.15, -0.1) is 0 Å². The van der Waals surface area contributed by atoms with Crippen LogP contribution >= 0.6 is 0 Å². The number of aryl methyl sites for hydroxylation is 2. The van der Waals surface area contributed by atoms with E-state index in [4.69, 9.17) is 9.47 Å². The molecule has 1 heterocycles. The van der Waals surface area contributed by atoms with Crippen LogP contribution < -0.4 is 14.8 Å². The molecule has 0 aliphatic heterocycles. The number of amides is 1. The molecule has 28 heavy (non-hydrogen) atoms. The van der Waals surface area contributed by atoms with Gasteiger partial charge in [0.15, 0.2) is 0 Å². The first kappa shape index (κ1) is 19.5. The van der Waals surface area contributed by atoms with Crippen molar-refractivity contribution in [2.45, 2.75) is 19.4 Å². The Bertz CT molecular complexity index is 943. The van der Waals surface area contributed by atoms with Gasteiger partial charge in [-0.3, -0.25) is 4.79 Å². The Labute approximate surface area is 165 Å². The topological polar surface area (TPSA) is 65.4 Å². The molecule has 0 radical (unpaired) electrons. The van der Waals surface area contributed by atoms with Gasteiger partial charge in [-0.2, -0.15) is 0 Å². The zero-order chi connectivity index (χ0) is 20.1. The Morgan fingerprint density at radius 1 is 1.14 bits per heavy atom. The highest BCUT2D eigenvalue weighted by Gasteiger charge is 2.22. The summed E-state index contributed by atoms with van der Waals surface area (Å²) in [5, 5.41) is 3.12. The van der Waals surface area contributed by atoms with Crippen LogP contribution in [0.4, 0.5) is 0 Å². The third-order valence-electron chi connectivity index (χ3n) is 4.74. The molecule has 0 fully saturated rings. The molecule has 0 spiro atoms. The Hall–Kier alpha value is -3.28. The maximum atomic E-state index is 12.9. The zero-order valence-corrected chi connectivity index (χ0v) is 16.6. The molecule has 2 aromatic carbocycles. The third-order valence-corrected chi connectivity index (χ3v) is 4.74. The van der Waals surface area contributed by atoms with Crippen molar-refractivity contribution in [3.63, 3.8) is 0 Å². The summed E-state index contributed by atoms with van der Waals surface area (Å²) < 4.78 is 12.7. The van der Waals surface area contributed by atoms with Crippen LogP contribution in [0.15, 0.2) is 54.9 Å². The van der Waals surface area contributed by atoms with Crippen molar-refractivity contribution >= 4 is 5.91 Å². The second-order valence-electron chi connectivity index (χ2n) is 6.65. The highest BCUT2D eigenvalue weighted by molar-refractivity contribution is 5.79.